The molecule has 0 spiro atoms. The van der Waals surface area contributed by atoms with E-state index in [1.807, 2.05) is 0 Å². The summed E-state index contributed by atoms with van der Waals surface area (Å²) in [5, 5.41) is 15.9. The SMILES string of the molecule is CC(=O)NCC1OCC(NCC2CC2)C1O. The van der Waals surface area contributed by atoms with Crippen LogP contribution in [0.4, 0.5) is 0 Å². The first-order chi connectivity index (χ1) is 7.66. The van der Waals surface area contributed by atoms with Crippen LogP contribution in [0.15, 0.2) is 0 Å². The first-order valence-corrected chi connectivity index (χ1v) is 5.94. The second-order valence-electron chi connectivity index (χ2n) is 4.76. The van der Waals surface area contributed by atoms with Gasteiger partial charge >= 0.3 is 0 Å². The molecule has 1 amide bonds. The van der Waals surface area contributed by atoms with Crippen molar-refractivity contribution in [3.8, 4) is 0 Å². The Balaban J connectivity index is 1.69. The minimum atomic E-state index is -0.523. The van der Waals surface area contributed by atoms with Crippen molar-refractivity contribution in [3.63, 3.8) is 0 Å². The van der Waals surface area contributed by atoms with E-state index in [0.717, 1.165) is 12.5 Å². The van der Waals surface area contributed by atoms with E-state index in [9.17, 15) is 9.90 Å². The van der Waals surface area contributed by atoms with Crippen LogP contribution in [0.1, 0.15) is 19.8 Å². The second-order valence-corrected chi connectivity index (χ2v) is 4.76. The summed E-state index contributed by atoms with van der Waals surface area (Å²) in [7, 11) is 0. The normalized spacial score (nSPS) is 34.0. The number of aliphatic hydroxyl groups is 1. The Morgan fingerprint density at radius 1 is 1.44 bits per heavy atom. The van der Waals surface area contributed by atoms with Crippen LogP contribution in [-0.4, -0.2) is 49.0 Å². The van der Waals surface area contributed by atoms with Gasteiger partial charge in [-0.05, 0) is 25.3 Å². The van der Waals surface area contributed by atoms with Crippen molar-refractivity contribution in [2.45, 2.75) is 38.0 Å². The van der Waals surface area contributed by atoms with Crippen LogP contribution < -0.4 is 10.6 Å². The topological polar surface area (TPSA) is 70.6 Å². The molecule has 0 aromatic rings. The minimum absolute atomic E-state index is 0.0133. The number of rotatable bonds is 5. The summed E-state index contributed by atoms with van der Waals surface area (Å²) in [5.41, 5.74) is 0. The number of aliphatic hydroxyl groups excluding tert-OH is 1. The number of carbonyl (C=O) groups is 1. The van der Waals surface area contributed by atoms with Gasteiger partial charge in [-0.3, -0.25) is 4.79 Å². The van der Waals surface area contributed by atoms with Crippen molar-refractivity contribution in [2.24, 2.45) is 5.92 Å². The van der Waals surface area contributed by atoms with E-state index in [1.54, 1.807) is 0 Å². The fraction of sp³-hybridized carbons (Fsp3) is 0.909. The predicted octanol–water partition coefficient (Wildman–Crippen LogP) is -0.750. The maximum atomic E-state index is 10.7. The highest BCUT2D eigenvalue weighted by molar-refractivity contribution is 5.72. The van der Waals surface area contributed by atoms with Crippen LogP contribution >= 0.6 is 0 Å². The van der Waals surface area contributed by atoms with Gasteiger partial charge in [-0.2, -0.15) is 0 Å². The maximum Gasteiger partial charge on any atom is 0.216 e. The summed E-state index contributed by atoms with van der Waals surface area (Å²) in [6.45, 7) is 3.35. The van der Waals surface area contributed by atoms with Crippen molar-refractivity contribution >= 4 is 5.91 Å². The highest BCUT2D eigenvalue weighted by Crippen LogP contribution is 2.28. The Morgan fingerprint density at radius 3 is 2.81 bits per heavy atom. The van der Waals surface area contributed by atoms with E-state index in [1.165, 1.54) is 19.8 Å². The Morgan fingerprint density at radius 2 is 2.19 bits per heavy atom. The van der Waals surface area contributed by atoms with Gasteiger partial charge in [0.1, 0.15) is 6.10 Å². The molecule has 3 unspecified atom stereocenters. The Bertz CT molecular complexity index is 256. The van der Waals surface area contributed by atoms with E-state index in [4.69, 9.17) is 4.74 Å². The fourth-order valence-electron chi connectivity index (χ4n) is 1.93. The Hall–Kier alpha value is -0.650. The standard InChI is InChI=1S/C11H20N2O3/c1-7(14)12-5-10-11(15)9(6-16-10)13-4-8-2-3-8/h8-11,13,15H,2-6H2,1H3,(H,12,14). The van der Waals surface area contributed by atoms with Crippen molar-refractivity contribution < 1.29 is 14.6 Å². The lowest BCUT2D eigenvalue weighted by Crippen LogP contribution is -2.45. The molecule has 2 fully saturated rings. The summed E-state index contributed by atoms with van der Waals surface area (Å²) in [5.74, 6) is 0.701. The largest absolute Gasteiger partial charge is 0.389 e. The zero-order valence-electron chi connectivity index (χ0n) is 9.61. The lowest BCUT2D eigenvalue weighted by molar-refractivity contribution is -0.119. The van der Waals surface area contributed by atoms with Crippen LogP contribution in [0.25, 0.3) is 0 Å². The highest BCUT2D eigenvalue weighted by atomic mass is 16.5. The van der Waals surface area contributed by atoms with E-state index in [2.05, 4.69) is 10.6 Å². The molecule has 1 aliphatic carbocycles. The van der Waals surface area contributed by atoms with Gasteiger partial charge in [0, 0.05) is 13.5 Å². The molecular weight excluding hydrogens is 208 g/mol. The molecule has 2 aliphatic rings. The Kier molecular flexibility index (Phi) is 3.78. The lowest BCUT2D eigenvalue weighted by atomic mass is 10.1. The third-order valence-electron chi connectivity index (χ3n) is 3.20. The second kappa shape index (κ2) is 5.12. The lowest BCUT2D eigenvalue weighted by Gasteiger charge is -2.18. The van der Waals surface area contributed by atoms with Crippen molar-refractivity contribution in [1.82, 2.24) is 10.6 Å². The zero-order valence-corrected chi connectivity index (χ0v) is 9.61. The van der Waals surface area contributed by atoms with Gasteiger partial charge in [0.2, 0.25) is 5.91 Å². The van der Waals surface area contributed by atoms with Gasteiger partial charge in [-0.15, -0.1) is 0 Å². The predicted molar refractivity (Wildman–Crippen MR) is 58.9 cm³/mol. The molecule has 3 N–H and O–H groups in total. The minimum Gasteiger partial charge on any atom is -0.389 e. The van der Waals surface area contributed by atoms with Crippen molar-refractivity contribution in [2.75, 3.05) is 19.7 Å². The molecule has 5 heteroatoms. The van der Waals surface area contributed by atoms with Crippen molar-refractivity contribution in [1.29, 1.82) is 0 Å². The Labute approximate surface area is 95.5 Å². The summed E-state index contributed by atoms with van der Waals surface area (Å²) in [6.07, 6.45) is 1.80. The zero-order chi connectivity index (χ0) is 11.5. The number of amides is 1. The summed E-state index contributed by atoms with van der Waals surface area (Å²) < 4.78 is 5.45. The van der Waals surface area contributed by atoms with Gasteiger partial charge < -0.3 is 20.5 Å². The monoisotopic (exact) mass is 228 g/mol. The molecule has 3 atom stereocenters. The molecule has 5 nitrogen and oxygen atoms in total. The van der Waals surface area contributed by atoms with Gasteiger partial charge in [-0.25, -0.2) is 0 Å². The number of hydrogen-bond acceptors (Lipinski definition) is 4. The quantitative estimate of drug-likeness (QED) is 0.579. The molecular formula is C11H20N2O3. The van der Waals surface area contributed by atoms with Crippen LogP contribution in [-0.2, 0) is 9.53 Å². The van der Waals surface area contributed by atoms with Crippen LogP contribution in [0.3, 0.4) is 0 Å². The van der Waals surface area contributed by atoms with E-state index in [0.29, 0.717) is 13.2 Å². The van der Waals surface area contributed by atoms with Gasteiger partial charge in [-0.1, -0.05) is 0 Å². The molecule has 16 heavy (non-hydrogen) atoms. The molecule has 0 radical (unpaired) electrons. The first kappa shape index (κ1) is 11.8. The van der Waals surface area contributed by atoms with Crippen LogP contribution in [0.2, 0.25) is 0 Å². The smallest absolute Gasteiger partial charge is 0.216 e. The summed E-state index contributed by atoms with van der Waals surface area (Å²) in [6, 6.07) is 0.0133. The summed E-state index contributed by atoms with van der Waals surface area (Å²) >= 11 is 0. The highest BCUT2D eigenvalue weighted by Gasteiger charge is 2.36. The molecule has 1 aliphatic heterocycles. The number of hydrogen-bond donors (Lipinski definition) is 3. The molecule has 2 rings (SSSR count). The van der Waals surface area contributed by atoms with E-state index >= 15 is 0 Å². The number of nitrogens with one attached hydrogen (secondary N) is 2. The first-order valence-electron chi connectivity index (χ1n) is 5.94. The molecule has 92 valence electrons. The van der Waals surface area contributed by atoms with Gasteiger partial charge in [0.15, 0.2) is 0 Å². The third kappa shape index (κ3) is 3.17. The van der Waals surface area contributed by atoms with Crippen LogP contribution in [0, 0.1) is 5.92 Å². The van der Waals surface area contributed by atoms with E-state index < -0.39 is 6.10 Å². The van der Waals surface area contributed by atoms with Crippen LogP contribution in [0.5, 0.6) is 0 Å². The number of carbonyl (C=O) groups excluding carboxylic acids is 1. The number of ether oxygens (including phenoxy) is 1. The van der Waals surface area contributed by atoms with Gasteiger partial charge in [0.25, 0.3) is 0 Å². The fourth-order valence-corrected chi connectivity index (χ4v) is 1.93. The molecule has 1 saturated carbocycles. The molecule has 1 heterocycles. The average molecular weight is 228 g/mol. The molecule has 0 bridgehead atoms. The third-order valence-corrected chi connectivity index (χ3v) is 3.20. The van der Waals surface area contributed by atoms with Crippen molar-refractivity contribution in [3.05, 3.63) is 0 Å². The molecule has 0 aromatic carbocycles. The maximum absolute atomic E-state index is 10.7. The molecule has 1 saturated heterocycles. The summed E-state index contributed by atoms with van der Waals surface area (Å²) in [4.78, 5) is 10.7. The van der Waals surface area contributed by atoms with Gasteiger partial charge in [0.05, 0.1) is 18.8 Å². The molecule has 0 aromatic heterocycles. The average Bonchev–Trinajstić information content (AvgIpc) is 2.99. The van der Waals surface area contributed by atoms with E-state index in [-0.39, 0.29) is 18.1 Å².